The van der Waals surface area contributed by atoms with Crippen LogP contribution in [-0.4, -0.2) is 52.7 Å². The molecule has 0 saturated carbocycles. The van der Waals surface area contributed by atoms with Gasteiger partial charge < -0.3 is 20.1 Å². The Morgan fingerprint density at radius 2 is 1.55 bits per heavy atom. The largest absolute Gasteiger partial charge is 0.481 e. The fourth-order valence-electron chi connectivity index (χ4n) is 5.84. The number of nitrogens with one attached hydrogen (secondary N) is 1. The molecule has 7 heteroatoms. The van der Waals surface area contributed by atoms with Gasteiger partial charge in [0.05, 0.1) is 5.92 Å². The van der Waals surface area contributed by atoms with E-state index in [4.69, 9.17) is 4.74 Å². The second kappa shape index (κ2) is 8.54. The summed E-state index contributed by atoms with van der Waals surface area (Å²) in [7, 11) is 0. The van der Waals surface area contributed by atoms with Gasteiger partial charge in [0.2, 0.25) is 5.91 Å². The van der Waals surface area contributed by atoms with Crippen molar-refractivity contribution in [3.8, 4) is 11.1 Å². The number of hydrogen-bond donors (Lipinski definition) is 2. The van der Waals surface area contributed by atoms with Crippen LogP contribution < -0.4 is 5.32 Å². The van der Waals surface area contributed by atoms with Gasteiger partial charge >= 0.3 is 12.1 Å². The molecule has 2 aliphatic heterocycles. The van der Waals surface area contributed by atoms with Crippen molar-refractivity contribution in [1.29, 1.82) is 0 Å². The normalized spacial score (nSPS) is 24.0. The number of rotatable bonds is 5. The highest BCUT2D eigenvalue weighted by molar-refractivity contribution is 5.86. The average Bonchev–Trinajstić information content (AvgIpc) is 3.27. The third kappa shape index (κ3) is 3.86. The third-order valence-electron chi connectivity index (χ3n) is 7.39. The molecule has 5 rings (SSSR count). The van der Waals surface area contributed by atoms with Gasteiger partial charge in [-0.05, 0) is 54.9 Å². The number of amides is 2. The highest BCUT2D eigenvalue weighted by Crippen LogP contribution is 2.44. The molecule has 172 valence electrons. The summed E-state index contributed by atoms with van der Waals surface area (Å²) in [6.45, 7) is 1.85. The summed E-state index contributed by atoms with van der Waals surface area (Å²) in [6, 6.07) is 15.4. The Morgan fingerprint density at radius 1 is 1.00 bits per heavy atom. The Balaban J connectivity index is 1.20. The lowest BCUT2D eigenvalue weighted by molar-refractivity contribution is -0.148. The van der Waals surface area contributed by atoms with E-state index in [-0.39, 0.29) is 30.5 Å². The zero-order chi connectivity index (χ0) is 23.1. The number of carboxylic acid groups (broad SMARTS) is 1. The fraction of sp³-hybridized carbons (Fsp3) is 0.423. The van der Waals surface area contributed by atoms with Crippen molar-refractivity contribution in [3.05, 3.63) is 59.7 Å². The molecule has 2 fully saturated rings. The van der Waals surface area contributed by atoms with Crippen molar-refractivity contribution in [2.45, 2.75) is 56.7 Å². The maximum absolute atomic E-state index is 13.1. The van der Waals surface area contributed by atoms with Gasteiger partial charge in [-0.2, -0.15) is 0 Å². The summed E-state index contributed by atoms with van der Waals surface area (Å²) in [5.74, 6) is -1.39. The molecule has 7 nitrogen and oxygen atoms in total. The van der Waals surface area contributed by atoms with Gasteiger partial charge in [-0.3, -0.25) is 9.59 Å². The van der Waals surface area contributed by atoms with Gasteiger partial charge in [-0.25, -0.2) is 4.79 Å². The number of carbonyl (C=O) groups is 3. The molecule has 0 radical (unpaired) electrons. The zero-order valence-corrected chi connectivity index (χ0v) is 18.6. The van der Waals surface area contributed by atoms with Crippen molar-refractivity contribution in [2.24, 2.45) is 5.92 Å². The molecule has 33 heavy (non-hydrogen) atoms. The van der Waals surface area contributed by atoms with Crippen LogP contribution in [0.4, 0.5) is 4.79 Å². The maximum atomic E-state index is 13.1. The summed E-state index contributed by atoms with van der Waals surface area (Å²) in [4.78, 5) is 38.8. The maximum Gasteiger partial charge on any atom is 0.407 e. The average molecular weight is 449 g/mol. The monoisotopic (exact) mass is 448 g/mol. The number of piperidine rings is 1. The van der Waals surface area contributed by atoms with E-state index < -0.39 is 24.0 Å². The van der Waals surface area contributed by atoms with Gasteiger partial charge in [0, 0.05) is 18.0 Å². The number of aliphatic carboxylic acids is 1. The minimum absolute atomic E-state index is 0.0416. The van der Waals surface area contributed by atoms with Crippen LogP contribution in [0.3, 0.4) is 0 Å². The van der Waals surface area contributed by atoms with Crippen molar-refractivity contribution >= 4 is 18.0 Å². The number of nitrogens with zero attached hydrogens (tertiary/aromatic N) is 1. The molecule has 3 aliphatic rings. The van der Waals surface area contributed by atoms with Gasteiger partial charge in [-0.1, -0.05) is 48.5 Å². The van der Waals surface area contributed by atoms with Gasteiger partial charge in [0.25, 0.3) is 0 Å². The summed E-state index contributed by atoms with van der Waals surface area (Å²) in [6.07, 6.45) is 1.98. The second-order valence-electron chi connectivity index (χ2n) is 9.33. The number of carboxylic acids is 1. The number of alkyl carbamates (subject to hydrolysis) is 1. The number of fused-ring (bicyclic) bond motifs is 5. The molecule has 0 spiro atoms. The van der Waals surface area contributed by atoms with Crippen LogP contribution in [0.15, 0.2) is 48.5 Å². The van der Waals surface area contributed by atoms with E-state index in [0.717, 1.165) is 35.1 Å². The number of benzene rings is 2. The minimum atomic E-state index is -0.788. The van der Waals surface area contributed by atoms with E-state index in [1.807, 2.05) is 24.3 Å². The molecular formula is C26H28N2O5. The SMILES string of the molecule is C[C@@H](NC(=O)OCC1c2ccccc2-c2ccccc21)C(=O)N1C2CCC1CC(C(=O)O)C2. The van der Waals surface area contributed by atoms with Crippen LogP contribution in [0.5, 0.6) is 0 Å². The first kappa shape index (κ1) is 21.5. The molecule has 2 aromatic rings. The van der Waals surface area contributed by atoms with E-state index in [2.05, 4.69) is 29.6 Å². The first-order valence-corrected chi connectivity index (χ1v) is 11.6. The zero-order valence-electron chi connectivity index (χ0n) is 18.6. The van der Waals surface area contributed by atoms with Crippen LogP contribution in [0.2, 0.25) is 0 Å². The molecule has 2 bridgehead atoms. The van der Waals surface area contributed by atoms with Gasteiger partial charge in [-0.15, -0.1) is 0 Å². The Hall–Kier alpha value is -3.35. The van der Waals surface area contributed by atoms with Gasteiger partial charge in [0.1, 0.15) is 12.6 Å². The number of ether oxygens (including phenoxy) is 1. The van der Waals surface area contributed by atoms with Crippen molar-refractivity contribution in [1.82, 2.24) is 10.2 Å². The summed E-state index contributed by atoms with van der Waals surface area (Å²) in [5.41, 5.74) is 4.58. The lowest BCUT2D eigenvalue weighted by Crippen LogP contribution is -2.54. The molecule has 1 aliphatic carbocycles. The molecule has 0 aromatic heterocycles. The van der Waals surface area contributed by atoms with Crippen LogP contribution in [0.25, 0.3) is 11.1 Å². The Kier molecular flexibility index (Phi) is 5.56. The molecule has 2 heterocycles. The predicted molar refractivity (Wildman–Crippen MR) is 122 cm³/mol. The Labute approximate surface area is 192 Å². The molecule has 2 saturated heterocycles. The van der Waals surface area contributed by atoms with Crippen LogP contribution in [0, 0.1) is 5.92 Å². The lowest BCUT2D eigenvalue weighted by atomic mass is 9.90. The van der Waals surface area contributed by atoms with Crippen molar-refractivity contribution in [2.75, 3.05) is 6.61 Å². The minimum Gasteiger partial charge on any atom is -0.481 e. The number of carbonyl (C=O) groups excluding carboxylic acids is 2. The molecule has 2 unspecified atom stereocenters. The van der Waals surface area contributed by atoms with E-state index in [0.29, 0.717) is 12.8 Å². The highest BCUT2D eigenvalue weighted by Gasteiger charge is 2.46. The molecule has 2 amide bonds. The second-order valence-corrected chi connectivity index (χ2v) is 9.33. The van der Waals surface area contributed by atoms with E-state index in [1.165, 1.54) is 0 Å². The highest BCUT2D eigenvalue weighted by atomic mass is 16.5. The topological polar surface area (TPSA) is 95.9 Å². The summed E-state index contributed by atoms with van der Waals surface area (Å²) < 4.78 is 5.57. The number of hydrogen-bond acceptors (Lipinski definition) is 4. The predicted octanol–water partition coefficient (Wildman–Crippen LogP) is 3.77. The van der Waals surface area contributed by atoms with E-state index >= 15 is 0 Å². The smallest absolute Gasteiger partial charge is 0.407 e. The van der Waals surface area contributed by atoms with E-state index in [1.54, 1.807) is 11.8 Å². The van der Waals surface area contributed by atoms with Crippen molar-refractivity contribution < 1.29 is 24.2 Å². The van der Waals surface area contributed by atoms with E-state index in [9.17, 15) is 19.5 Å². The Bertz CT molecular complexity index is 1040. The molecule has 2 N–H and O–H groups in total. The van der Waals surface area contributed by atoms with Crippen LogP contribution in [-0.2, 0) is 14.3 Å². The molecule has 3 atom stereocenters. The third-order valence-corrected chi connectivity index (χ3v) is 7.39. The van der Waals surface area contributed by atoms with Crippen LogP contribution in [0.1, 0.15) is 49.7 Å². The first-order chi connectivity index (χ1) is 15.9. The lowest BCUT2D eigenvalue weighted by Gasteiger charge is -2.39. The standard InChI is InChI=1S/C26H28N2O5/c1-15(24(29)28-17-10-11-18(28)13-16(12-17)25(30)31)27-26(32)33-14-23-21-8-4-2-6-19(21)20-7-3-5-9-22(20)23/h2-9,15-18,23H,10-14H2,1H3,(H,27,32)(H,30,31)/t15-,16?,17?,18?/m1/s1. The quantitative estimate of drug-likeness (QED) is 0.726. The summed E-state index contributed by atoms with van der Waals surface area (Å²) >= 11 is 0. The fourth-order valence-corrected chi connectivity index (χ4v) is 5.84. The Morgan fingerprint density at radius 3 is 2.09 bits per heavy atom. The van der Waals surface area contributed by atoms with Gasteiger partial charge in [0.15, 0.2) is 0 Å². The summed E-state index contributed by atoms with van der Waals surface area (Å²) in [5, 5.41) is 12.0. The molecular weight excluding hydrogens is 420 g/mol. The van der Waals surface area contributed by atoms with Crippen molar-refractivity contribution in [3.63, 3.8) is 0 Å². The first-order valence-electron chi connectivity index (χ1n) is 11.6. The molecule has 2 aromatic carbocycles. The van der Waals surface area contributed by atoms with Crippen LogP contribution >= 0.6 is 0 Å².